The predicted molar refractivity (Wildman–Crippen MR) is 39.0 cm³/mol. The van der Waals surface area contributed by atoms with Crippen molar-refractivity contribution in [2.45, 2.75) is 26.4 Å². The number of hydrogen-bond donors (Lipinski definition) is 0. The van der Waals surface area contributed by atoms with E-state index >= 15 is 0 Å². The van der Waals surface area contributed by atoms with Crippen molar-refractivity contribution in [3.8, 4) is 0 Å². The van der Waals surface area contributed by atoms with Gasteiger partial charge in [0, 0.05) is 6.42 Å². The van der Waals surface area contributed by atoms with E-state index in [9.17, 15) is 13.2 Å². The van der Waals surface area contributed by atoms with Crippen LogP contribution in [0.3, 0.4) is 0 Å². The lowest BCUT2D eigenvalue weighted by Crippen LogP contribution is -2.16. The second-order valence-corrected chi connectivity index (χ2v) is 2.76. The van der Waals surface area contributed by atoms with Gasteiger partial charge in [0.1, 0.15) is 0 Å². The highest BCUT2D eigenvalue weighted by atomic mass is 19.4. The minimum Gasteiger partial charge on any atom is -0.166 e. The summed E-state index contributed by atoms with van der Waals surface area (Å²) in [6, 6.07) is 0. The van der Waals surface area contributed by atoms with Gasteiger partial charge in [-0.1, -0.05) is 5.57 Å². The summed E-state index contributed by atoms with van der Waals surface area (Å²) in [5.41, 5.74) is 0.300. The van der Waals surface area contributed by atoms with Crippen LogP contribution in [0.2, 0.25) is 0 Å². The van der Waals surface area contributed by atoms with Crippen LogP contribution in [0.1, 0.15) is 20.3 Å². The summed E-state index contributed by atoms with van der Waals surface area (Å²) in [6.45, 7) is 3.14. The summed E-state index contributed by atoms with van der Waals surface area (Å²) in [4.78, 5) is 0. The monoisotopic (exact) mass is 173 g/mol. The van der Waals surface area contributed by atoms with E-state index in [1.807, 2.05) is 0 Å². The third-order valence-corrected chi connectivity index (χ3v) is 1.87. The third kappa shape index (κ3) is 1.71. The quantitative estimate of drug-likeness (QED) is 0.528. The zero-order chi connectivity index (χ0) is 9.35. The van der Waals surface area contributed by atoms with Crippen LogP contribution < -0.4 is 0 Å². The molecule has 0 aromatic rings. The summed E-state index contributed by atoms with van der Waals surface area (Å²) in [7, 11) is 0. The highest BCUT2D eigenvalue weighted by molar-refractivity contribution is 5.39. The van der Waals surface area contributed by atoms with Crippen molar-refractivity contribution in [1.82, 2.24) is 0 Å². The molecule has 0 amide bonds. The molecule has 3 radical (unpaired) electrons. The SMILES string of the molecule is CC1=C(C)C(C(F)(F)F)=[C][C]C1. The Kier molecular flexibility index (Phi) is 2.31. The fourth-order valence-electron chi connectivity index (χ4n) is 0.988. The first-order valence-electron chi connectivity index (χ1n) is 3.52. The van der Waals surface area contributed by atoms with E-state index < -0.39 is 11.7 Å². The highest BCUT2D eigenvalue weighted by Crippen LogP contribution is 2.35. The molecular weight excluding hydrogens is 165 g/mol. The lowest BCUT2D eigenvalue weighted by atomic mass is 9.93. The summed E-state index contributed by atoms with van der Waals surface area (Å²) in [5, 5.41) is 0. The summed E-state index contributed by atoms with van der Waals surface area (Å²) in [6.07, 6.45) is 0.737. The first-order chi connectivity index (χ1) is 5.43. The van der Waals surface area contributed by atoms with Gasteiger partial charge in [0.15, 0.2) is 0 Å². The average molecular weight is 173 g/mol. The topological polar surface area (TPSA) is 0 Å². The van der Waals surface area contributed by atoms with E-state index in [0.717, 1.165) is 0 Å². The normalized spacial score (nSPS) is 19.6. The molecule has 0 aromatic carbocycles. The summed E-state index contributed by atoms with van der Waals surface area (Å²) >= 11 is 0. The van der Waals surface area contributed by atoms with Crippen molar-refractivity contribution in [3.05, 3.63) is 29.2 Å². The Bertz CT molecular complexity index is 243. The van der Waals surface area contributed by atoms with Crippen molar-refractivity contribution in [2.75, 3.05) is 0 Å². The van der Waals surface area contributed by atoms with Gasteiger partial charge in [-0.25, -0.2) is 0 Å². The predicted octanol–water partition coefficient (Wildman–Crippen LogP) is 3.10. The molecule has 1 rings (SSSR count). The Labute approximate surface area is 69.8 Å². The molecule has 0 N–H and O–H groups in total. The molecular formula is C9H8F3. The van der Waals surface area contributed by atoms with Crippen LogP contribution in [0.25, 0.3) is 0 Å². The second-order valence-electron chi connectivity index (χ2n) is 2.76. The molecule has 0 heterocycles. The molecule has 0 saturated carbocycles. The van der Waals surface area contributed by atoms with Gasteiger partial charge in [-0.2, -0.15) is 13.2 Å². The van der Waals surface area contributed by atoms with Crippen molar-refractivity contribution < 1.29 is 13.2 Å². The van der Waals surface area contributed by atoms with Crippen LogP contribution in [-0.4, -0.2) is 6.18 Å². The Balaban J connectivity index is 3.00. The minimum absolute atomic E-state index is 0.279. The van der Waals surface area contributed by atoms with Crippen LogP contribution >= 0.6 is 0 Å². The van der Waals surface area contributed by atoms with Crippen LogP contribution in [0.15, 0.2) is 16.7 Å². The fourth-order valence-corrected chi connectivity index (χ4v) is 0.988. The minimum atomic E-state index is -4.29. The van der Waals surface area contributed by atoms with Crippen molar-refractivity contribution in [1.29, 1.82) is 0 Å². The van der Waals surface area contributed by atoms with Crippen LogP contribution in [0.5, 0.6) is 0 Å². The van der Waals surface area contributed by atoms with Crippen molar-refractivity contribution >= 4 is 0 Å². The Hall–Kier alpha value is -0.730. The molecule has 1 aliphatic carbocycles. The van der Waals surface area contributed by atoms with Gasteiger partial charge >= 0.3 is 6.18 Å². The number of rotatable bonds is 0. The van der Waals surface area contributed by atoms with E-state index in [2.05, 4.69) is 12.5 Å². The van der Waals surface area contributed by atoms with Crippen molar-refractivity contribution in [2.24, 2.45) is 0 Å². The molecule has 0 unspecified atom stereocenters. The van der Waals surface area contributed by atoms with Gasteiger partial charge < -0.3 is 0 Å². The van der Waals surface area contributed by atoms with Gasteiger partial charge in [0.05, 0.1) is 5.57 Å². The molecule has 0 aromatic heterocycles. The van der Waals surface area contributed by atoms with Crippen LogP contribution in [0.4, 0.5) is 13.2 Å². The van der Waals surface area contributed by atoms with E-state index in [0.29, 0.717) is 12.0 Å². The molecule has 0 bridgehead atoms. The molecule has 3 heteroatoms. The molecule has 0 spiro atoms. The molecule has 0 saturated heterocycles. The molecule has 0 atom stereocenters. The first kappa shape index (κ1) is 9.36. The van der Waals surface area contributed by atoms with Gasteiger partial charge in [0.25, 0.3) is 0 Å². The smallest absolute Gasteiger partial charge is 0.166 e. The molecule has 12 heavy (non-hydrogen) atoms. The zero-order valence-electron chi connectivity index (χ0n) is 6.84. The van der Waals surface area contributed by atoms with E-state index in [1.54, 1.807) is 6.92 Å². The average Bonchev–Trinajstić information content (AvgIpc) is 1.92. The first-order valence-corrected chi connectivity index (χ1v) is 3.52. The Morgan fingerprint density at radius 2 is 1.83 bits per heavy atom. The fraction of sp³-hybridized carbons (Fsp3) is 0.444. The Morgan fingerprint density at radius 1 is 1.25 bits per heavy atom. The molecule has 0 fully saturated rings. The van der Waals surface area contributed by atoms with E-state index in [1.165, 1.54) is 6.92 Å². The van der Waals surface area contributed by atoms with E-state index in [-0.39, 0.29) is 5.57 Å². The second kappa shape index (κ2) is 2.96. The Morgan fingerprint density at radius 3 is 2.25 bits per heavy atom. The number of alkyl halides is 3. The zero-order valence-corrected chi connectivity index (χ0v) is 6.84. The summed E-state index contributed by atoms with van der Waals surface area (Å²) in [5.74, 6) is 0. The third-order valence-electron chi connectivity index (χ3n) is 1.87. The molecule has 0 aliphatic heterocycles. The van der Waals surface area contributed by atoms with Crippen molar-refractivity contribution in [3.63, 3.8) is 0 Å². The largest absolute Gasteiger partial charge is 0.416 e. The highest BCUT2D eigenvalue weighted by Gasteiger charge is 2.36. The van der Waals surface area contributed by atoms with Gasteiger partial charge in [-0.05, 0) is 31.9 Å². The number of allylic oxidation sites excluding steroid dienone is 4. The molecule has 0 nitrogen and oxygen atoms in total. The van der Waals surface area contributed by atoms with Crippen LogP contribution in [0, 0.1) is 12.5 Å². The lowest BCUT2D eigenvalue weighted by molar-refractivity contribution is -0.0900. The van der Waals surface area contributed by atoms with Gasteiger partial charge in [-0.3, -0.25) is 0 Å². The van der Waals surface area contributed by atoms with Gasteiger partial charge in [0.2, 0.25) is 0 Å². The lowest BCUT2D eigenvalue weighted by Gasteiger charge is -2.18. The number of halogens is 3. The maximum Gasteiger partial charge on any atom is 0.416 e. The maximum absolute atomic E-state index is 12.2. The molecule has 1 aliphatic rings. The summed E-state index contributed by atoms with van der Waals surface area (Å²) < 4.78 is 36.6. The number of hydrogen-bond acceptors (Lipinski definition) is 0. The van der Waals surface area contributed by atoms with Crippen LogP contribution in [-0.2, 0) is 0 Å². The standard InChI is InChI=1S/C9H8F3/c1-6-4-3-5-8(7(6)2)9(10,11)12/h4H2,1-2H3. The van der Waals surface area contributed by atoms with Gasteiger partial charge in [-0.15, -0.1) is 0 Å². The maximum atomic E-state index is 12.2. The van der Waals surface area contributed by atoms with E-state index in [4.69, 9.17) is 0 Å². The molecule has 65 valence electrons.